The standard InChI is InChI=1S/C72H72N12.6ClH/c1-3-9-61(10-4-1)43-73-31-33-75(55-73)45-63-15-19-65(20-16-63)47-77-35-37-79(57-77)49-67-23-27-69(28-24-67)51-81-39-41-83(59-81)53-71-13-7-8-14-72(71)54-84-42-40-82(60-84)52-70-29-25-68(26-30-70)50-80-38-36-78(58-80)48-66-21-17-64(18-22-66)46-76-34-32-74(56-76)44-62-11-5-2-6-12-62;;;;;;/h1-42,55-60H,43-54H2;6*1H/q+6;;;;;;/p-6. The smallest absolute Gasteiger partial charge is 0.244 e. The lowest BCUT2D eigenvalue weighted by Gasteiger charge is -2.06. The van der Waals surface area contributed by atoms with Gasteiger partial charge < -0.3 is 74.4 Å². The van der Waals surface area contributed by atoms with E-state index in [-0.39, 0.29) is 74.4 Å². The average molecular weight is 1320 g/mol. The molecule has 0 aliphatic rings. The molecule has 0 N–H and O–H groups in total. The molecule has 0 atom stereocenters. The lowest BCUT2D eigenvalue weighted by Crippen LogP contribution is -3.00. The van der Waals surface area contributed by atoms with Crippen LogP contribution in [0.5, 0.6) is 0 Å². The molecule has 90 heavy (non-hydrogen) atoms. The Morgan fingerprint density at radius 3 is 0.678 bits per heavy atom. The monoisotopic (exact) mass is 1310 g/mol. The maximum atomic E-state index is 2.29. The summed E-state index contributed by atoms with van der Waals surface area (Å²) in [5.74, 6) is 0. The molecule has 0 saturated heterocycles. The van der Waals surface area contributed by atoms with E-state index in [1.807, 2.05) is 0 Å². The van der Waals surface area contributed by atoms with Crippen LogP contribution in [-0.4, -0.2) is 27.4 Å². The van der Waals surface area contributed by atoms with E-state index in [0.717, 1.165) is 78.5 Å². The van der Waals surface area contributed by atoms with Gasteiger partial charge in [0.25, 0.3) is 0 Å². The van der Waals surface area contributed by atoms with Crippen LogP contribution in [0.25, 0.3) is 0 Å². The van der Waals surface area contributed by atoms with Crippen LogP contribution in [-0.2, 0) is 78.5 Å². The van der Waals surface area contributed by atoms with Gasteiger partial charge in [0, 0.05) is 11.1 Å². The van der Waals surface area contributed by atoms with E-state index >= 15 is 0 Å². The van der Waals surface area contributed by atoms with E-state index in [9.17, 15) is 0 Å². The fraction of sp³-hybridized carbons (Fsp3) is 0.167. The van der Waals surface area contributed by atoms with E-state index in [2.05, 4.69) is 349 Å². The first-order valence-electron chi connectivity index (χ1n) is 29.2. The fourth-order valence-electron chi connectivity index (χ4n) is 11.3. The first kappa shape index (κ1) is 69.0. The first-order chi connectivity index (χ1) is 41.4. The number of rotatable bonds is 24. The number of halogens is 6. The highest BCUT2D eigenvalue weighted by Gasteiger charge is 2.15. The average Bonchev–Trinajstić information content (AvgIpc) is 4.26. The van der Waals surface area contributed by atoms with Crippen molar-refractivity contribution in [3.8, 4) is 0 Å². The molecule has 6 aromatic heterocycles. The van der Waals surface area contributed by atoms with Gasteiger partial charge in [-0.1, -0.05) is 182 Å². The summed E-state index contributed by atoms with van der Waals surface area (Å²) in [5, 5.41) is 0. The van der Waals surface area contributed by atoms with E-state index in [1.54, 1.807) is 0 Å². The lowest BCUT2D eigenvalue weighted by molar-refractivity contribution is -0.688. The Labute approximate surface area is 565 Å². The fourth-order valence-corrected chi connectivity index (χ4v) is 11.3. The molecule has 0 radical (unpaired) electrons. The SMILES string of the molecule is [Cl-].[Cl-].[Cl-].[Cl-].[Cl-].[Cl-].c1ccc(Cn2cc[n+](Cc3ccc(Cn4cc[n+](Cc5ccc(Cn6cc[n+](Cc7ccccc7Cn7cc[n+](Cc8ccc(Cn9cc[n+](Cc%10ccc(Cn%11cc[n+](Cc%12ccccc%12)c%11)cc%10)c9)cc8)c7)c6)cc5)c4)cc3)c2)cc1. The zero-order valence-electron chi connectivity index (χ0n) is 49.8. The normalized spacial score (nSPS) is 10.7. The van der Waals surface area contributed by atoms with Crippen LogP contribution in [0, 0.1) is 0 Å². The Kier molecular flexibility index (Phi) is 25.6. The summed E-state index contributed by atoms with van der Waals surface area (Å²) in [4.78, 5) is 0. The zero-order valence-corrected chi connectivity index (χ0v) is 54.4. The maximum Gasteiger partial charge on any atom is 0.244 e. The molecule has 0 aliphatic heterocycles. The minimum atomic E-state index is 0. The summed E-state index contributed by atoms with van der Waals surface area (Å²) in [5.41, 5.74) is 15.6. The number of benzene rings is 7. The van der Waals surface area contributed by atoms with E-state index < -0.39 is 0 Å². The van der Waals surface area contributed by atoms with E-state index in [4.69, 9.17) is 0 Å². The van der Waals surface area contributed by atoms with Crippen LogP contribution in [0.15, 0.2) is 294 Å². The van der Waals surface area contributed by atoms with Gasteiger partial charge in [0.05, 0.1) is 0 Å². The Hall–Kier alpha value is -8.46. The highest BCUT2D eigenvalue weighted by Crippen LogP contribution is 2.14. The highest BCUT2D eigenvalue weighted by atomic mass is 35.5. The van der Waals surface area contributed by atoms with Gasteiger partial charge in [-0.15, -0.1) is 0 Å². The van der Waals surface area contributed by atoms with Crippen molar-refractivity contribution < 1.29 is 102 Å². The molecule has 18 heteroatoms. The number of aromatic nitrogens is 12. The van der Waals surface area contributed by atoms with Gasteiger partial charge in [-0.25, -0.2) is 54.8 Å². The topological polar surface area (TPSA) is 52.9 Å². The summed E-state index contributed by atoms with van der Waals surface area (Å²) in [6, 6.07) is 66.1. The largest absolute Gasteiger partial charge is 1.00 e. The van der Waals surface area contributed by atoms with Crippen molar-refractivity contribution in [2.75, 3.05) is 0 Å². The highest BCUT2D eigenvalue weighted by molar-refractivity contribution is 5.28. The van der Waals surface area contributed by atoms with Gasteiger partial charge in [-0.2, -0.15) is 0 Å². The van der Waals surface area contributed by atoms with E-state index in [0.29, 0.717) is 0 Å². The molecule has 7 aromatic carbocycles. The second kappa shape index (κ2) is 33.4. The molecular weight excluding hydrogens is 1250 g/mol. The minimum absolute atomic E-state index is 0. The molecule has 12 nitrogen and oxygen atoms in total. The van der Waals surface area contributed by atoms with Crippen LogP contribution in [0.2, 0.25) is 0 Å². The predicted octanol–water partition coefficient (Wildman–Crippen LogP) is -9.18. The zero-order chi connectivity index (χ0) is 56.3. The van der Waals surface area contributed by atoms with Crippen molar-refractivity contribution in [2.45, 2.75) is 78.5 Å². The van der Waals surface area contributed by atoms with Crippen molar-refractivity contribution in [1.29, 1.82) is 0 Å². The van der Waals surface area contributed by atoms with Crippen LogP contribution < -0.4 is 102 Å². The third-order valence-corrected chi connectivity index (χ3v) is 15.7. The molecule has 0 aliphatic carbocycles. The summed E-state index contributed by atoms with van der Waals surface area (Å²) in [7, 11) is 0. The van der Waals surface area contributed by atoms with Crippen LogP contribution in [0.3, 0.4) is 0 Å². The molecule has 0 amide bonds. The van der Waals surface area contributed by atoms with Crippen molar-refractivity contribution in [3.05, 3.63) is 361 Å². The van der Waals surface area contributed by atoms with E-state index in [1.165, 1.54) is 66.8 Å². The van der Waals surface area contributed by atoms with Crippen LogP contribution >= 0.6 is 0 Å². The Balaban J connectivity index is 0.00000192. The molecule has 0 unspecified atom stereocenters. The van der Waals surface area contributed by atoms with Gasteiger partial charge in [-0.05, 0) is 55.6 Å². The van der Waals surface area contributed by atoms with Gasteiger partial charge in [0.2, 0.25) is 38.0 Å². The molecule has 0 fully saturated rings. The second-order valence-electron chi connectivity index (χ2n) is 22.6. The van der Waals surface area contributed by atoms with Crippen molar-refractivity contribution in [1.82, 2.24) is 27.4 Å². The molecule has 0 bridgehead atoms. The molecule has 13 aromatic rings. The third kappa shape index (κ3) is 19.0. The third-order valence-electron chi connectivity index (χ3n) is 15.7. The summed E-state index contributed by atoms with van der Waals surface area (Å²) in [6.45, 7) is 10.1. The summed E-state index contributed by atoms with van der Waals surface area (Å²) in [6.07, 6.45) is 39.2. The second-order valence-corrected chi connectivity index (χ2v) is 22.6. The number of nitrogens with zero attached hydrogens (tertiary/aromatic N) is 12. The Morgan fingerprint density at radius 1 is 0.189 bits per heavy atom. The predicted molar refractivity (Wildman–Crippen MR) is 322 cm³/mol. The Bertz CT molecular complexity index is 3940. The molecule has 0 spiro atoms. The molecular formula is C72H72Cl6N12. The van der Waals surface area contributed by atoms with Crippen molar-refractivity contribution >= 4 is 0 Å². The van der Waals surface area contributed by atoms with Gasteiger partial charge in [0.1, 0.15) is 153 Å². The molecule has 462 valence electrons. The Morgan fingerprint density at radius 2 is 0.389 bits per heavy atom. The van der Waals surface area contributed by atoms with Crippen molar-refractivity contribution in [3.63, 3.8) is 0 Å². The van der Waals surface area contributed by atoms with Gasteiger partial charge >= 0.3 is 0 Å². The van der Waals surface area contributed by atoms with Crippen molar-refractivity contribution in [2.24, 2.45) is 0 Å². The van der Waals surface area contributed by atoms with Crippen LogP contribution in [0.4, 0.5) is 0 Å². The van der Waals surface area contributed by atoms with Crippen LogP contribution in [0.1, 0.15) is 66.8 Å². The summed E-state index contributed by atoms with van der Waals surface area (Å²) < 4.78 is 27.1. The number of imidazole rings is 6. The summed E-state index contributed by atoms with van der Waals surface area (Å²) >= 11 is 0. The lowest BCUT2D eigenvalue weighted by atomic mass is 10.1. The van der Waals surface area contributed by atoms with Gasteiger partial charge in [0.15, 0.2) is 0 Å². The molecule has 13 rings (SSSR count). The number of hydrogen-bond donors (Lipinski definition) is 0. The first-order valence-corrected chi connectivity index (χ1v) is 29.2. The maximum absolute atomic E-state index is 2.29. The molecule has 0 saturated carbocycles. The molecule has 6 heterocycles. The quantitative estimate of drug-likeness (QED) is 0.0542. The minimum Gasteiger partial charge on any atom is -1.00 e. The van der Waals surface area contributed by atoms with Gasteiger partial charge in [-0.3, -0.25) is 0 Å². The number of hydrogen-bond acceptors (Lipinski definition) is 0.